The second kappa shape index (κ2) is 5.18. The summed E-state index contributed by atoms with van der Waals surface area (Å²) in [5.74, 6) is 5.60. The summed E-state index contributed by atoms with van der Waals surface area (Å²) in [7, 11) is 1.62. The molecule has 2 atom stereocenters. The first-order valence-corrected chi connectivity index (χ1v) is 4.23. The molecule has 0 aliphatic rings. The minimum absolute atomic E-state index is 0.455. The van der Waals surface area contributed by atoms with Crippen molar-refractivity contribution in [2.24, 2.45) is 0 Å². The number of hydrogen-bond donors (Lipinski definition) is 1. The minimum atomic E-state index is -0.500. The lowest BCUT2D eigenvalue weighted by Gasteiger charge is -2.30. The molecule has 0 heterocycles. The fourth-order valence-corrected chi connectivity index (χ4v) is 0.931. The number of aliphatic hydroxyl groups is 1. The molecule has 0 fully saturated rings. The number of methoxy groups -OCH3 is 1. The van der Waals surface area contributed by atoms with Gasteiger partial charge in [-0.15, -0.1) is 11.8 Å². The Morgan fingerprint density at radius 2 is 2.17 bits per heavy atom. The summed E-state index contributed by atoms with van der Waals surface area (Å²) in [6.45, 7) is 5.66. The van der Waals surface area contributed by atoms with Gasteiger partial charge < -0.3 is 9.84 Å². The van der Waals surface area contributed by atoms with Crippen LogP contribution in [0.1, 0.15) is 33.6 Å². The zero-order valence-electron chi connectivity index (χ0n) is 8.35. The molecule has 0 saturated heterocycles. The van der Waals surface area contributed by atoms with E-state index in [1.54, 1.807) is 14.0 Å². The normalized spacial score (nSPS) is 17.4. The highest BCUT2D eigenvalue weighted by atomic mass is 16.5. The first kappa shape index (κ1) is 11.5. The predicted molar refractivity (Wildman–Crippen MR) is 49.8 cm³/mol. The molecular formula is C10H18O2. The fourth-order valence-electron chi connectivity index (χ4n) is 0.931. The monoisotopic (exact) mass is 170 g/mol. The molecule has 0 aromatic carbocycles. The van der Waals surface area contributed by atoms with Gasteiger partial charge in [-0.05, 0) is 20.3 Å². The maximum atomic E-state index is 9.67. The maximum absolute atomic E-state index is 9.67. The average molecular weight is 170 g/mol. The average Bonchev–Trinajstić information content (AvgIpc) is 2.12. The molecule has 70 valence electrons. The van der Waals surface area contributed by atoms with Crippen LogP contribution in [0, 0.1) is 11.8 Å². The third-order valence-electron chi connectivity index (χ3n) is 2.35. The fraction of sp³-hybridized carbons (Fsp3) is 0.800. The lowest BCUT2D eigenvalue weighted by Crippen LogP contribution is -2.40. The highest BCUT2D eigenvalue weighted by Crippen LogP contribution is 2.20. The number of hydrogen-bond acceptors (Lipinski definition) is 2. The summed E-state index contributed by atoms with van der Waals surface area (Å²) in [5.41, 5.74) is -0.455. The van der Waals surface area contributed by atoms with E-state index in [-0.39, 0.29) is 0 Å². The molecule has 0 aromatic heterocycles. The van der Waals surface area contributed by atoms with E-state index in [2.05, 4.69) is 11.8 Å². The molecule has 0 rings (SSSR count). The molecule has 2 heteroatoms. The molecular weight excluding hydrogens is 152 g/mol. The van der Waals surface area contributed by atoms with Gasteiger partial charge in [0.15, 0.2) is 0 Å². The molecule has 0 aromatic rings. The van der Waals surface area contributed by atoms with Crippen molar-refractivity contribution in [1.29, 1.82) is 0 Å². The topological polar surface area (TPSA) is 29.5 Å². The molecule has 0 bridgehead atoms. The summed E-state index contributed by atoms with van der Waals surface area (Å²) in [6, 6.07) is 0. The third-order valence-corrected chi connectivity index (χ3v) is 2.35. The smallest absolute Gasteiger partial charge is 0.0935 e. The Balaban J connectivity index is 4.17. The molecule has 0 amide bonds. The summed E-state index contributed by atoms with van der Waals surface area (Å²) in [6.07, 6.45) is 0.769. The number of ether oxygens (including phenoxy) is 1. The van der Waals surface area contributed by atoms with Gasteiger partial charge in [-0.3, -0.25) is 0 Å². The summed E-state index contributed by atoms with van der Waals surface area (Å²) in [4.78, 5) is 0. The lowest BCUT2D eigenvalue weighted by molar-refractivity contribution is -0.0896. The summed E-state index contributed by atoms with van der Waals surface area (Å²) < 4.78 is 5.23. The Kier molecular flexibility index (Phi) is 4.96. The zero-order chi connectivity index (χ0) is 9.61. The van der Waals surface area contributed by atoms with E-state index in [0.29, 0.717) is 6.42 Å². The standard InChI is InChI=1S/C10H18O2/c1-5-7-8-9(11)10(3,6-2)12-4/h9,11H,6,8H2,1-4H3. The van der Waals surface area contributed by atoms with Crippen LogP contribution in [0.4, 0.5) is 0 Å². The Morgan fingerprint density at radius 1 is 1.58 bits per heavy atom. The van der Waals surface area contributed by atoms with E-state index >= 15 is 0 Å². The third kappa shape index (κ3) is 2.84. The molecule has 0 spiro atoms. The van der Waals surface area contributed by atoms with Gasteiger partial charge in [-0.1, -0.05) is 6.92 Å². The van der Waals surface area contributed by atoms with Gasteiger partial charge in [0.1, 0.15) is 0 Å². The van der Waals surface area contributed by atoms with Gasteiger partial charge >= 0.3 is 0 Å². The molecule has 2 nitrogen and oxygen atoms in total. The van der Waals surface area contributed by atoms with Crippen molar-refractivity contribution in [3.8, 4) is 11.8 Å². The van der Waals surface area contributed by atoms with Crippen LogP contribution in [-0.2, 0) is 4.74 Å². The zero-order valence-corrected chi connectivity index (χ0v) is 8.35. The van der Waals surface area contributed by atoms with Crippen LogP contribution in [0.25, 0.3) is 0 Å². The van der Waals surface area contributed by atoms with Crippen LogP contribution in [0.5, 0.6) is 0 Å². The van der Waals surface area contributed by atoms with Crippen molar-refractivity contribution < 1.29 is 9.84 Å². The van der Waals surface area contributed by atoms with Crippen molar-refractivity contribution >= 4 is 0 Å². The van der Waals surface area contributed by atoms with E-state index in [4.69, 9.17) is 4.74 Å². The summed E-state index contributed by atoms with van der Waals surface area (Å²) in [5, 5.41) is 9.67. The van der Waals surface area contributed by atoms with Crippen molar-refractivity contribution in [3.05, 3.63) is 0 Å². The van der Waals surface area contributed by atoms with Crippen molar-refractivity contribution in [2.45, 2.75) is 45.3 Å². The van der Waals surface area contributed by atoms with Gasteiger partial charge in [-0.2, -0.15) is 0 Å². The van der Waals surface area contributed by atoms with E-state index in [1.807, 2.05) is 13.8 Å². The molecule has 0 aliphatic heterocycles. The van der Waals surface area contributed by atoms with Gasteiger partial charge in [0, 0.05) is 13.5 Å². The molecule has 0 saturated carbocycles. The van der Waals surface area contributed by atoms with Gasteiger partial charge in [0.05, 0.1) is 11.7 Å². The van der Waals surface area contributed by atoms with Crippen LogP contribution in [0.2, 0.25) is 0 Å². The van der Waals surface area contributed by atoms with Crippen LogP contribution < -0.4 is 0 Å². The van der Waals surface area contributed by atoms with Crippen LogP contribution in [-0.4, -0.2) is 23.9 Å². The first-order chi connectivity index (χ1) is 5.60. The van der Waals surface area contributed by atoms with Crippen LogP contribution in [0.3, 0.4) is 0 Å². The largest absolute Gasteiger partial charge is 0.389 e. The minimum Gasteiger partial charge on any atom is -0.389 e. The molecule has 0 aliphatic carbocycles. The Morgan fingerprint density at radius 3 is 2.50 bits per heavy atom. The Bertz CT molecular complexity index is 172. The van der Waals surface area contributed by atoms with Gasteiger partial charge in [0.25, 0.3) is 0 Å². The summed E-state index contributed by atoms with van der Waals surface area (Å²) >= 11 is 0. The van der Waals surface area contributed by atoms with Crippen molar-refractivity contribution in [1.82, 2.24) is 0 Å². The van der Waals surface area contributed by atoms with Crippen LogP contribution >= 0.6 is 0 Å². The highest BCUT2D eigenvalue weighted by molar-refractivity contribution is 5.00. The molecule has 0 radical (unpaired) electrons. The van der Waals surface area contributed by atoms with Gasteiger partial charge in [0.2, 0.25) is 0 Å². The first-order valence-electron chi connectivity index (χ1n) is 4.23. The Labute approximate surface area is 74.9 Å². The van der Waals surface area contributed by atoms with Gasteiger partial charge in [-0.25, -0.2) is 0 Å². The molecule has 12 heavy (non-hydrogen) atoms. The Hall–Kier alpha value is -0.520. The number of rotatable bonds is 4. The van der Waals surface area contributed by atoms with Crippen molar-refractivity contribution in [3.63, 3.8) is 0 Å². The number of aliphatic hydroxyl groups excluding tert-OH is 1. The molecule has 1 N–H and O–H groups in total. The predicted octanol–water partition coefficient (Wildman–Crippen LogP) is 1.58. The van der Waals surface area contributed by atoms with Crippen LogP contribution in [0.15, 0.2) is 0 Å². The lowest BCUT2D eigenvalue weighted by atomic mass is 9.93. The highest BCUT2D eigenvalue weighted by Gasteiger charge is 2.29. The maximum Gasteiger partial charge on any atom is 0.0935 e. The molecule has 2 unspecified atom stereocenters. The van der Waals surface area contributed by atoms with Crippen molar-refractivity contribution in [2.75, 3.05) is 7.11 Å². The van der Waals surface area contributed by atoms with E-state index in [9.17, 15) is 5.11 Å². The SMILES string of the molecule is CC#CCC(O)C(C)(CC)OC. The second-order valence-corrected chi connectivity index (χ2v) is 3.02. The van der Waals surface area contributed by atoms with E-state index in [0.717, 1.165) is 6.42 Å². The van der Waals surface area contributed by atoms with E-state index < -0.39 is 11.7 Å². The van der Waals surface area contributed by atoms with E-state index in [1.165, 1.54) is 0 Å². The second-order valence-electron chi connectivity index (χ2n) is 3.02. The quantitative estimate of drug-likeness (QED) is 0.649.